The summed E-state index contributed by atoms with van der Waals surface area (Å²) >= 11 is 1.00. The molecule has 4 heterocycles. The molecule has 9 amide bonds. The monoisotopic (exact) mass is 992 g/mol. The number of aliphatic hydroxyl groups is 3. The van der Waals surface area contributed by atoms with Crippen molar-refractivity contribution in [3.8, 4) is 5.75 Å². The highest BCUT2D eigenvalue weighted by Gasteiger charge is 2.45. The molecule has 24 heteroatoms. The van der Waals surface area contributed by atoms with Crippen LogP contribution in [0.25, 0.3) is 10.9 Å². The molecule has 0 aliphatic carbocycles. The Labute approximate surface area is 406 Å². The Morgan fingerprint density at radius 1 is 0.843 bits per heavy atom. The molecule has 0 saturated carbocycles. The number of primary amides is 1. The third-order valence-electron chi connectivity index (χ3n) is 12.6. The molecule has 0 unspecified atom stereocenters. The van der Waals surface area contributed by atoms with Gasteiger partial charge in [-0.15, -0.1) is 11.8 Å². The molecule has 10 atom stereocenters. The Kier molecular flexibility index (Phi) is 17.8. The lowest BCUT2D eigenvalue weighted by Gasteiger charge is -2.32. The predicted molar refractivity (Wildman–Crippen MR) is 251 cm³/mol. The summed E-state index contributed by atoms with van der Waals surface area (Å²) < 4.78 is 6.09. The third-order valence-corrected chi connectivity index (χ3v) is 13.8. The Balaban J connectivity index is 1.51. The summed E-state index contributed by atoms with van der Waals surface area (Å²) in [6, 6.07) is 5.24. The number of carbonyl (C=O) groups excluding carboxylic acids is 9. The lowest BCUT2D eigenvalue weighted by Crippen LogP contribution is -2.62. The Morgan fingerprint density at radius 3 is 2.23 bits per heavy atom. The van der Waals surface area contributed by atoms with Crippen LogP contribution in [0.15, 0.2) is 53.6 Å². The zero-order chi connectivity index (χ0) is 50.8. The van der Waals surface area contributed by atoms with Crippen molar-refractivity contribution in [3.05, 3.63) is 59.7 Å². The lowest BCUT2D eigenvalue weighted by atomic mass is 9.93. The van der Waals surface area contributed by atoms with E-state index in [1.165, 1.54) is 6.92 Å². The van der Waals surface area contributed by atoms with E-state index in [1.54, 1.807) is 32.0 Å². The fourth-order valence-electron chi connectivity index (χ4n) is 8.38. The van der Waals surface area contributed by atoms with Crippen molar-refractivity contribution in [1.82, 2.24) is 47.1 Å². The van der Waals surface area contributed by atoms with E-state index in [1.807, 2.05) is 30.3 Å². The molecule has 13 N–H and O–H groups in total. The SMILES string of the molecule is CC[C@H](C)[C@@H]1NC(=O)CNC(=O)[C@@H]2Cc3c([nH]c4cc(OCc5ccccc5)ccc34)SC[C@H](NC(=O)CNC1=O)C(=O)N[C@@H](CC(N)=O)C(=O)N1C[C@H](O)C[C@H]1C(=O)N[C@@H]([C@@H](C)[C@@H](O)CO)C(=O)N2. The van der Waals surface area contributed by atoms with Crippen molar-refractivity contribution in [2.75, 3.05) is 32.0 Å². The van der Waals surface area contributed by atoms with Gasteiger partial charge in [0.05, 0.1) is 48.9 Å². The Morgan fingerprint density at radius 2 is 1.54 bits per heavy atom. The number of amides is 9. The minimum Gasteiger partial charge on any atom is -0.489 e. The fraction of sp³-hybridized carbons (Fsp3) is 0.500. The number of aromatic amines is 1. The summed E-state index contributed by atoms with van der Waals surface area (Å²) in [6.07, 6.45) is -3.98. The van der Waals surface area contributed by atoms with Crippen LogP contribution >= 0.6 is 11.8 Å². The van der Waals surface area contributed by atoms with Gasteiger partial charge in [-0.25, -0.2) is 0 Å². The van der Waals surface area contributed by atoms with Gasteiger partial charge in [0, 0.05) is 42.5 Å². The number of carbonyl (C=O) groups is 9. The molecule has 2 bridgehead atoms. The summed E-state index contributed by atoms with van der Waals surface area (Å²) in [7, 11) is 0. The van der Waals surface area contributed by atoms with Crippen LogP contribution in [0, 0.1) is 11.8 Å². The molecule has 378 valence electrons. The second kappa shape index (κ2) is 23.7. The summed E-state index contributed by atoms with van der Waals surface area (Å²) in [6.45, 7) is 2.36. The lowest BCUT2D eigenvalue weighted by molar-refractivity contribution is -0.144. The van der Waals surface area contributed by atoms with E-state index in [0.717, 1.165) is 22.2 Å². The fourth-order valence-corrected chi connectivity index (χ4v) is 9.50. The first kappa shape index (κ1) is 52.6. The average molecular weight is 993 g/mol. The summed E-state index contributed by atoms with van der Waals surface area (Å²) in [4.78, 5) is 129. The maximum atomic E-state index is 14.6. The minimum absolute atomic E-state index is 0.220. The second-order valence-corrected chi connectivity index (χ2v) is 18.7. The van der Waals surface area contributed by atoms with Gasteiger partial charge in [0.1, 0.15) is 48.6 Å². The molecule has 0 spiro atoms. The Bertz CT molecular complexity index is 2460. The van der Waals surface area contributed by atoms with E-state index < -0.39 is 146 Å². The molecule has 3 aliphatic rings. The molecule has 0 radical (unpaired) electrons. The van der Waals surface area contributed by atoms with Crippen molar-refractivity contribution >= 4 is 75.8 Å². The first-order chi connectivity index (χ1) is 33.4. The maximum absolute atomic E-state index is 14.6. The van der Waals surface area contributed by atoms with E-state index >= 15 is 0 Å². The zero-order valence-corrected chi connectivity index (χ0v) is 39.6. The van der Waals surface area contributed by atoms with Crippen molar-refractivity contribution in [2.45, 2.75) is 107 Å². The number of benzene rings is 2. The van der Waals surface area contributed by atoms with Crippen molar-refractivity contribution < 1.29 is 63.2 Å². The van der Waals surface area contributed by atoms with Gasteiger partial charge >= 0.3 is 0 Å². The number of nitrogens with two attached hydrogens (primary N) is 1. The zero-order valence-electron chi connectivity index (χ0n) is 38.8. The van der Waals surface area contributed by atoms with Gasteiger partial charge in [0.15, 0.2) is 0 Å². The van der Waals surface area contributed by atoms with Gasteiger partial charge in [0.25, 0.3) is 0 Å². The van der Waals surface area contributed by atoms with Gasteiger partial charge in [-0.3, -0.25) is 43.2 Å². The van der Waals surface area contributed by atoms with Crippen molar-refractivity contribution in [2.24, 2.45) is 17.6 Å². The van der Waals surface area contributed by atoms with Gasteiger partial charge < -0.3 is 72.9 Å². The van der Waals surface area contributed by atoms with Crippen LogP contribution in [0.2, 0.25) is 0 Å². The standard InChI is InChI=1S/C46H60N10O13S/c1-4-22(2)38-43(66)49-16-36(61)50-32-21-70-45-28(27-11-10-26(13-29(27)53-45)69-20-24-8-6-5-7-9-24)14-30(40(63)48-17-37(62)54-38)51-44(67)39(23(3)34(59)19-57)55-42(65)33-12-25(58)18-56(33)46(68)31(15-35(47)60)52-41(32)64/h5-11,13,22-23,25,30-34,38-39,53,57-59H,4,12,14-21H2,1-3H3,(H2,47,60)(H,48,63)(H,49,66)(H,50,61)(H,51,67)(H,52,64)(H,54,62)(H,55,65)/t22-,23-,25+,30-,31-,32-,33-,34-,38-,39-/m0/s1. The topological polar surface area (TPSA) is 353 Å². The van der Waals surface area contributed by atoms with Crippen LogP contribution in [0.5, 0.6) is 5.75 Å². The average Bonchev–Trinajstić information content (AvgIpc) is 3.90. The molecule has 1 fully saturated rings. The van der Waals surface area contributed by atoms with Crippen LogP contribution in [-0.2, 0) is 56.2 Å². The summed E-state index contributed by atoms with van der Waals surface area (Å²) in [5.41, 5.74) is 7.33. The molecule has 1 saturated heterocycles. The summed E-state index contributed by atoms with van der Waals surface area (Å²) in [5, 5.41) is 50.3. The largest absolute Gasteiger partial charge is 0.489 e. The second-order valence-electron chi connectivity index (χ2n) is 17.7. The van der Waals surface area contributed by atoms with Crippen molar-refractivity contribution in [1.29, 1.82) is 0 Å². The molecular formula is C46H60N10O13S. The molecule has 2 aromatic carbocycles. The number of nitrogens with zero attached hydrogens (tertiary/aromatic N) is 1. The number of thioether (sulfide) groups is 1. The number of H-pyrrole nitrogens is 1. The maximum Gasteiger partial charge on any atom is 0.246 e. The van der Waals surface area contributed by atoms with Crippen LogP contribution in [0.4, 0.5) is 0 Å². The van der Waals surface area contributed by atoms with Gasteiger partial charge in [-0.05, 0) is 29.2 Å². The van der Waals surface area contributed by atoms with E-state index in [-0.39, 0.29) is 25.2 Å². The molecule has 1 aromatic heterocycles. The number of hydrogen-bond acceptors (Lipinski definition) is 14. The first-order valence-corrected chi connectivity index (χ1v) is 23.9. The highest BCUT2D eigenvalue weighted by atomic mass is 32.2. The number of ether oxygens (including phenoxy) is 1. The number of aromatic nitrogens is 1. The number of fused-ring (bicyclic) bond motifs is 5. The van der Waals surface area contributed by atoms with E-state index in [9.17, 15) is 58.5 Å². The van der Waals surface area contributed by atoms with Crippen LogP contribution in [0.1, 0.15) is 51.2 Å². The van der Waals surface area contributed by atoms with Crippen LogP contribution in [-0.4, -0.2) is 159 Å². The van der Waals surface area contributed by atoms with Gasteiger partial charge in [-0.1, -0.05) is 57.5 Å². The molecule has 6 rings (SSSR count). The number of aliphatic hydroxyl groups excluding tert-OH is 3. The normalized spacial score (nSPS) is 25.9. The third kappa shape index (κ3) is 13.1. The quantitative estimate of drug-likeness (QED) is 0.0961. The number of hydrogen-bond donors (Lipinski definition) is 12. The number of rotatable bonds is 10. The molecule has 23 nitrogen and oxygen atoms in total. The first-order valence-electron chi connectivity index (χ1n) is 22.9. The molecule has 70 heavy (non-hydrogen) atoms. The van der Waals surface area contributed by atoms with Crippen LogP contribution < -0.4 is 47.7 Å². The van der Waals surface area contributed by atoms with Crippen molar-refractivity contribution in [3.63, 3.8) is 0 Å². The highest BCUT2D eigenvalue weighted by molar-refractivity contribution is 7.99. The van der Waals surface area contributed by atoms with E-state index in [4.69, 9.17) is 10.5 Å². The van der Waals surface area contributed by atoms with Gasteiger partial charge in [-0.2, -0.15) is 0 Å². The minimum atomic E-state index is -1.74. The van der Waals surface area contributed by atoms with Gasteiger partial charge in [0.2, 0.25) is 53.2 Å². The van der Waals surface area contributed by atoms with E-state index in [2.05, 4.69) is 42.2 Å². The van der Waals surface area contributed by atoms with E-state index in [0.29, 0.717) is 33.7 Å². The Hall–Kier alpha value is -6.76. The molecule has 3 aliphatic heterocycles. The highest BCUT2D eigenvalue weighted by Crippen LogP contribution is 2.34. The molecule has 3 aromatic rings. The van der Waals surface area contributed by atoms with Crippen LogP contribution in [0.3, 0.4) is 0 Å². The summed E-state index contributed by atoms with van der Waals surface area (Å²) in [5.74, 6) is -9.95. The predicted octanol–water partition coefficient (Wildman–Crippen LogP) is -3.06. The smallest absolute Gasteiger partial charge is 0.246 e. The molecular weight excluding hydrogens is 933 g/mol. The number of nitrogens with one attached hydrogen (secondary N) is 8.